The van der Waals surface area contributed by atoms with E-state index in [0.717, 1.165) is 0 Å². The molecule has 24 atom stereocenters. The number of aliphatic hydroxyl groups is 16. The maximum atomic E-state index is 10.6. The van der Waals surface area contributed by atoms with Crippen LogP contribution in [0.2, 0.25) is 0 Å². The average molecular weight is 799 g/mol. The van der Waals surface area contributed by atoms with Crippen molar-refractivity contribution < 1.29 is 124 Å². The zero-order chi connectivity index (χ0) is 39.8. The first-order chi connectivity index (χ1) is 25.5. The van der Waals surface area contributed by atoms with E-state index in [9.17, 15) is 81.7 Å². The third kappa shape index (κ3) is 9.31. The molecule has 25 nitrogen and oxygen atoms in total. The van der Waals surface area contributed by atoms with Crippen molar-refractivity contribution in [2.24, 2.45) is 0 Å². The van der Waals surface area contributed by atoms with Crippen LogP contribution >= 0.6 is 0 Å². The van der Waals surface area contributed by atoms with E-state index in [2.05, 4.69) is 0 Å². The molecule has 5 heterocycles. The molecule has 0 spiro atoms. The largest absolute Gasteiger partial charge is 0.394 e. The molecule has 0 aromatic rings. The van der Waals surface area contributed by atoms with Crippen molar-refractivity contribution in [3.63, 3.8) is 0 Å². The molecule has 0 aromatic carbocycles. The fraction of sp³-hybridized carbons (Fsp3) is 1.00. The molecule has 0 aromatic heterocycles. The summed E-state index contributed by atoms with van der Waals surface area (Å²) in [6.07, 6.45) is -41.7. The molecule has 5 aliphatic rings. The van der Waals surface area contributed by atoms with E-state index >= 15 is 0 Å². The second-order valence-electron chi connectivity index (χ2n) is 13.6. The molecule has 5 fully saturated rings. The van der Waals surface area contributed by atoms with Gasteiger partial charge in [-0.2, -0.15) is 0 Å². The Bertz CT molecular complexity index is 1160. The molecule has 16 N–H and O–H groups in total. The maximum Gasteiger partial charge on any atom is 0.187 e. The van der Waals surface area contributed by atoms with E-state index in [1.807, 2.05) is 0 Å². The van der Waals surface area contributed by atoms with Crippen LogP contribution in [0.1, 0.15) is 0 Å². The lowest BCUT2D eigenvalue weighted by Gasteiger charge is -2.45. The molecule has 54 heavy (non-hydrogen) atoms. The highest BCUT2D eigenvalue weighted by molar-refractivity contribution is 4.95. The molecular formula is C29H50O25. The van der Waals surface area contributed by atoms with Gasteiger partial charge in [0.1, 0.15) is 116 Å². The van der Waals surface area contributed by atoms with Gasteiger partial charge in [-0.25, -0.2) is 0 Å². The molecule has 5 rings (SSSR count). The molecule has 0 aliphatic carbocycles. The Kier molecular flexibility index (Phi) is 15.3. The number of rotatable bonds is 12. The van der Waals surface area contributed by atoms with Crippen molar-refractivity contribution >= 4 is 0 Å². The fourth-order valence-electron chi connectivity index (χ4n) is 6.40. The molecule has 25 heteroatoms. The molecule has 0 radical (unpaired) electrons. The molecular weight excluding hydrogens is 748 g/mol. The summed E-state index contributed by atoms with van der Waals surface area (Å²) in [6.45, 7) is -3.33. The van der Waals surface area contributed by atoms with Crippen molar-refractivity contribution in [1.82, 2.24) is 0 Å². The summed E-state index contributed by atoms with van der Waals surface area (Å²) in [7, 11) is 0. The first-order valence-electron chi connectivity index (χ1n) is 17.0. The predicted octanol–water partition coefficient (Wildman–Crippen LogP) is -11.3. The Morgan fingerprint density at radius 3 is 1.09 bits per heavy atom. The Morgan fingerprint density at radius 2 is 0.704 bits per heavy atom. The lowest BCUT2D eigenvalue weighted by molar-refractivity contribution is -0.356. The van der Waals surface area contributed by atoms with E-state index in [0.29, 0.717) is 0 Å². The van der Waals surface area contributed by atoms with Crippen LogP contribution in [0.25, 0.3) is 0 Å². The Balaban J connectivity index is 1.16. The number of hydrogen-bond donors (Lipinski definition) is 16. The van der Waals surface area contributed by atoms with Crippen LogP contribution in [0.15, 0.2) is 0 Å². The van der Waals surface area contributed by atoms with Crippen molar-refractivity contribution in [2.45, 2.75) is 147 Å². The highest BCUT2D eigenvalue weighted by Gasteiger charge is 2.51. The van der Waals surface area contributed by atoms with Gasteiger partial charge in [0.2, 0.25) is 0 Å². The third-order valence-electron chi connectivity index (χ3n) is 9.89. The van der Waals surface area contributed by atoms with Crippen LogP contribution in [0.3, 0.4) is 0 Å². The van der Waals surface area contributed by atoms with Gasteiger partial charge in [-0.1, -0.05) is 0 Å². The van der Waals surface area contributed by atoms with Gasteiger partial charge in [-0.05, 0) is 0 Å². The molecule has 5 aliphatic heterocycles. The highest BCUT2D eigenvalue weighted by Crippen LogP contribution is 2.30. The van der Waals surface area contributed by atoms with Gasteiger partial charge < -0.3 is 124 Å². The first kappa shape index (κ1) is 44.1. The van der Waals surface area contributed by atoms with Gasteiger partial charge >= 0.3 is 0 Å². The van der Waals surface area contributed by atoms with Crippen LogP contribution in [0.5, 0.6) is 0 Å². The highest BCUT2D eigenvalue weighted by atomic mass is 16.8. The van der Waals surface area contributed by atoms with Crippen molar-refractivity contribution in [1.29, 1.82) is 0 Å². The first-order valence-corrected chi connectivity index (χ1v) is 17.0. The van der Waals surface area contributed by atoms with Gasteiger partial charge in [0.25, 0.3) is 0 Å². The smallest absolute Gasteiger partial charge is 0.187 e. The zero-order valence-electron chi connectivity index (χ0n) is 28.2. The summed E-state index contributed by atoms with van der Waals surface area (Å²) >= 11 is 0. The van der Waals surface area contributed by atoms with Crippen molar-refractivity contribution in [2.75, 3.05) is 33.0 Å². The summed E-state index contributed by atoms with van der Waals surface area (Å²) < 4.78 is 48.4. The minimum atomic E-state index is -1.95. The van der Waals surface area contributed by atoms with E-state index in [1.165, 1.54) is 0 Å². The van der Waals surface area contributed by atoms with Gasteiger partial charge in [0.15, 0.2) is 31.5 Å². The van der Waals surface area contributed by atoms with Gasteiger partial charge in [-0.3, -0.25) is 0 Å². The third-order valence-corrected chi connectivity index (χ3v) is 9.89. The van der Waals surface area contributed by atoms with Crippen LogP contribution in [-0.2, 0) is 42.6 Å². The summed E-state index contributed by atoms with van der Waals surface area (Å²) in [4.78, 5) is 0. The minimum absolute atomic E-state index is 0.462. The Morgan fingerprint density at radius 1 is 0.370 bits per heavy atom. The van der Waals surface area contributed by atoms with Crippen molar-refractivity contribution in [3.05, 3.63) is 0 Å². The number of aliphatic hydroxyl groups excluding tert-OH is 16. The topological polar surface area (TPSA) is 407 Å². The summed E-state index contributed by atoms with van der Waals surface area (Å²) in [5.74, 6) is 0. The molecule has 0 unspecified atom stereocenters. The zero-order valence-corrected chi connectivity index (χ0v) is 28.2. The molecule has 5 saturated heterocycles. The van der Waals surface area contributed by atoms with E-state index in [1.54, 1.807) is 0 Å². The van der Waals surface area contributed by atoms with Crippen LogP contribution < -0.4 is 0 Å². The Labute approximate surface area is 305 Å². The Hall–Kier alpha value is -1.00. The van der Waals surface area contributed by atoms with Crippen LogP contribution in [0.4, 0.5) is 0 Å². The molecule has 0 bridgehead atoms. The predicted molar refractivity (Wildman–Crippen MR) is 161 cm³/mol. The van der Waals surface area contributed by atoms with E-state index < -0.39 is 180 Å². The lowest BCUT2D eigenvalue weighted by atomic mass is 9.97. The number of hydrogen-bond acceptors (Lipinski definition) is 25. The molecule has 0 amide bonds. The minimum Gasteiger partial charge on any atom is -0.394 e. The quantitative estimate of drug-likeness (QED) is 0.0871. The van der Waals surface area contributed by atoms with Gasteiger partial charge in [0.05, 0.1) is 33.0 Å². The SMILES string of the molecule is OC[C@H]1O[C@H](OC[C@H]2O[C@H](OC[C@H]3O[C@H](OC[C@H]4O[C@H](O[C@@H]5CO[C@H](O)[C@H](O)[C@@H]5O)[C@H](O)[C@@H](O)[C@@H]4O)[C@H](O)[C@@H](O)[C@@H]3O)[C@H](O)[C@@H](O)[C@@H]2O)[C@H](O)[C@@H](O)[C@@H]1O. The molecule has 0 saturated carbocycles. The second kappa shape index (κ2) is 18.7. The van der Waals surface area contributed by atoms with Crippen LogP contribution in [-0.4, -0.2) is 262 Å². The number of ether oxygens (including phenoxy) is 9. The summed E-state index contributed by atoms with van der Waals surface area (Å²) in [5, 5.41) is 164. The molecule has 316 valence electrons. The van der Waals surface area contributed by atoms with Crippen LogP contribution in [0, 0.1) is 0 Å². The van der Waals surface area contributed by atoms with Gasteiger partial charge in [-0.15, -0.1) is 0 Å². The maximum absolute atomic E-state index is 10.6. The second-order valence-corrected chi connectivity index (χ2v) is 13.6. The van der Waals surface area contributed by atoms with Crippen molar-refractivity contribution in [3.8, 4) is 0 Å². The normalized spacial score (nSPS) is 53.3. The lowest BCUT2D eigenvalue weighted by Crippen LogP contribution is -2.63. The summed E-state index contributed by atoms with van der Waals surface area (Å²) in [5.41, 5.74) is 0. The standard InChI is InChI=1S/C29H50O25/c30-1-6-11(31)16(36)21(41)26(50-6)47-3-8-12(32)17(37)22(42)27(51-8)48-4-9-13(33)18(38)23(43)28(52-9)49-5-10-14(34)19(39)24(44)29(54-10)53-7-2-46-25(45)20(40)15(7)35/h6-45H,1-5H2/t6-,7-,8-,9-,10-,11-,12-,13-,14-,15-,16+,17+,18+,19+,20-,21-,22-,23-,24-,25+,26+,27+,28+,29+/m1/s1. The van der Waals surface area contributed by atoms with E-state index in [-0.39, 0.29) is 0 Å². The monoisotopic (exact) mass is 798 g/mol. The average Bonchev–Trinajstić information content (AvgIpc) is 3.16. The summed E-state index contributed by atoms with van der Waals surface area (Å²) in [6, 6.07) is 0. The van der Waals surface area contributed by atoms with E-state index in [4.69, 9.17) is 42.6 Å². The van der Waals surface area contributed by atoms with Gasteiger partial charge in [0, 0.05) is 0 Å². The fourth-order valence-corrected chi connectivity index (χ4v) is 6.40.